The number of nitrogens with zero attached hydrogens (tertiary/aromatic N) is 2. The molecule has 2 atom stereocenters. The van der Waals surface area contributed by atoms with Crippen molar-refractivity contribution in [2.75, 3.05) is 31.6 Å². The van der Waals surface area contributed by atoms with Gasteiger partial charge in [0.2, 0.25) is 0 Å². The third-order valence-corrected chi connectivity index (χ3v) is 7.66. The molecule has 0 bridgehead atoms. The maximum absolute atomic E-state index is 12.2. The molecule has 0 radical (unpaired) electrons. The molecule has 0 amide bonds. The fourth-order valence-corrected chi connectivity index (χ4v) is 5.62. The Kier molecular flexibility index (Phi) is 8.94. The quantitative estimate of drug-likeness (QED) is 0.315. The summed E-state index contributed by atoms with van der Waals surface area (Å²) in [6, 6.07) is 26.8. The predicted molar refractivity (Wildman–Crippen MR) is 150 cm³/mol. The molecular weight excluding hydrogens is 476 g/mol. The van der Waals surface area contributed by atoms with Gasteiger partial charge in [-0.1, -0.05) is 60.7 Å². The summed E-state index contributed by atoms with van der Waals surface area (Å²) in [4.78, 5) is 16.9. The molecule has 1 aliphatic carbocycles. The van der Waals surface area contributed by atoms with Gasteiger partial charge in [-0.2, -0.15) is 0 Å². The minimum atomic E-state index is -0.594. The molecule has 38 heavy (non-hydrogen) atoms. The Morgan fingerprint density at radius 1 is 0.895 bits per heavy atom. The number of benzene rings is 3. The molecule has 200 valence electrons. The van der Waals surface area contributed by atoms with E-state index in [9.17, 15) is 4.79 Å². The molecule has 6 nitrogen and oxygen atoms in total. The molecule has 5 rings (SSSR count). The molecule has 3 aromatic carbocycles. The summed E-state index contributed by atoms with van der Waals surface area (Å²) in [5, 5.41) is 0. The highest BCUT2D eigenvalue weighted by Crippen LogP contribution is 2.36. The lowest BCUT2D eigenvalue weighted by Crippen LogP contribution is -2.58. The molecule has 2 aliphatic rings. The first-order valence-electron chi connectivity index (χ1n) is 13.7. The lowest BCUT2D eigenvalue weighted by molar-refractivity contribution is -0.138. The van der Waals surface area contributed by atoms with Gasteiger partial charge in [-0.05, 0) is 55.4 Å². The van der Waals surface area contributed by atoms with E-state index in [1.807, 2.05) is 42.5 Å². The Morgan fingerprint density at radius 3 is 2.29 bits per heavy atom. The monoisotopic (exact) mass is 514 g/mol. The number of rotatable bonds is 11. The third-order valence-electron chi connectivity index (χ3n) is 7.66. The van der Waals surface area contributed by atoms with E-state index in [1.165, 1.54) is 18.4 Å². The van der Waals surface area contributed by atoms with E-state index < -0.39 is 6.23 Å². The van der Waals surface area contributed by atoms with Gasteiger partial charge < -0.3 is 19.1 Å². The fourth-order valence-electron chi connectivity index (χ4n) is 5.62. The van der Waals surface area contributed by atoms with Crippen LogP contribution in [0.15, 0.2) is 78.9 Å². The summed E-state index contributed by atoms with van der Waals surface area (Å²) >= 11 is 0. The number of hydrogen-bond donors (Lipinski definition) is 0. The maximum atomic E-state index is 12.2. The Hall–Kier alpha value is -3.35. The summed E-state index contributed by atoms with van der Waals surface area (Å²) in [6.07, 6.45) is 6.08. The van der Waals surface area contributed by atoms with E-state index in [0.717, 1.165) is 67.9 Å². The average molecular weight is 515 g/mol. The van der Waals surface area contributed by atoms with Gasteiger partial charge >= 0.3 is 0 Å². The van der Waals surface area contributed by atoms with Crippen molar-refractivity contribution in [3.63, 3.8) is 0 Å². The van der Waals surface area contributed by atoms with Crippen molar-refractivity contribution in [3.05, 3.63) is 90.0 Å². The van der Waals surface area contributed by atoms with E-state index in [-0.39, 0.29) is 12.1 Å². The standard InChI is InChI=1S/C32H38N2O4/c1-36-30-17-16-27(21-31(30)38-29-14-8-9-15-29)33-18-19-34(28(22-33)20-25-10-4-2-5-11-25)32(23-35)37-24-26-12-6-3-7-13-26/h2-7,10-13,16-17,21,23,28-29,32H,8-9,14-15,18-20,22,24H2,1H3. The zero-order chi connectivity index (χ0) is 26.2. The molecular formula is C32H38N2O4. The van der Waals surface area contributed by atoms with E-state index in [4.69, 9.17) is 14.2 Å². The molecule has 0 spiro atoms. The molecule has 6 heteroatoms. The summed E-state index contributed by atoms with van der Waals surface area (Å²) < 4.78 is 18.1. The highest BCUT2D eigenvalue weighted by molar-refractivity contribution is 5.58. The largest absolute Gasteiger partial charge is 0.493 e. The SMILES string of the molecule is COc1ccc(N2CCN(C(C=O)OCc3ccccc3)C(Cc3ccccc3)C2)cc1OC1CCCC1. The highest BCUT2D eigenvalue weighted by atomic mass is 16.5. The van der Waals surface area contributed by atoms with Crippen LogP contribution in [0.3, 0.4) is 0 Å². The van der Waals surface area contributed by atoms with E-state index in [1.54, 1.807) is 7.11 Å². The van der Waals surface area contributed by atoms with Crippen LogP contribution in [-0.4, -0.2) is 56.3 Å². The summed E-state index contributed by atoms with van der Waals surface area (Å²) in [5.74, 6) is 1.59. The second-order valence-electron chi connectivity index (χ2n) is 10.2. The van der Waals surface area contributed by atoms with Crippen LogP contribution in [0.4, 0.5) is 5.69 Å². The van der Waals surface area contributed by atoms with Gasteiger partial charge in [0.05, 0.1) is 19.8 Å². The zero-order valence-corrected chi connectivity index (χ0v) is 22.2. The smallest absolute Gasteiger partial charge is 0.167 e. The Labute approximate surface area is 226 Å². The first-order valence-corrected chi connectivity index (χ1v) is 13.7. The number of methoxy groups -OCH3 is 1. The lowest BCUT2D eigenvalue weighted by atomic mass is 10.0. The Bertz CT molecular complexity index is 1150. The van der Waals surface area contributed by atoms with Crippen molar-refractivity contribution in [2.24, 2.45) is 0 Å². The Balaban J connectivity index is 1.34. The Morgan fingerprint density at radius 2 is 1.61 bits per heavy atom. The van der Waals surface area contributed by atoms with Crippen LogP contribution in [-0.2, 0) is 22.6 Å². The number of anilines is 1. The highest BCUT2D eigenvalue weighted by Gasteiger charge is 2.33. The van der Waals surface area contributed by atoms with Gasteiger partial charge in [0, 0.05) is 37.4 Å². The second kappa shape index (κ2) is 12.9. The van der Waals surface area contributed by atoms with Crippen LogP contribution in [0.2, 0.25) is 0 Å². The number of hydrogen-bond acceptors (Lipinski definition) is 6. The topological polar surface area (TPSA) is 51.2 Å². The lowest BCUT2D eigenvalue weighted by Gasteiger charge is -2.44. The molecule has 1 saturated carbocycles. The number of piperazine rings is 1. The molecule has 3 aromatic rings. The number of carbonyl (C=O) groups excluding carboxylic acids is 1. The van der Waals surface area contributed by atoms with Crippen LogP contribution in [0.25, 0.3) is 0 Å². The fraction of sp³-hybridized carbons (Fsp3) is 0.406. The molecule has 0 N–H and O–H groups in total. The zero-order valence-electron chi connectivity index (χ0n) is 22.2. The van der Waals surface area contributed by atoms with Crippen molar-refractivity contribution < 1.29 is 19.0 Å². The van der Waals surface area contributed by atoms with Gasteiger partial charge in [0.1, 0.15) is 0 Å². The van der Waals surface area contributed by atoms with E-state index >= 15 is 0 Å². The molecule has 0 aromatic heterocycles. The average Bonchev–Trinajstić information content (AvgIpc) is 3.48. The minimum Gasteiger partial charge on any atom is -0.493 e. The number of aldehydes is 1. The van der Waals surface area contributed by atoms with Gasteiger partial charge in [-0.15, -0.1) is 0 Å². The molecule has 1 heterocycles. The van der Waals surface area contributed by atoms with Crippen molar-refractivity contribution in [3.8, 4) is 11.5 Å². The minimum absolute atomic E-state index is 0.110. The third kappa shape index (κ3) is 6.55. The van der Waals surface area contributed by atoms with Gasteiger partial charge in [0.25, 0.3) is 0 Å². The van der Waals surface area contributed by atoms with Gasteiger partial charge in [-0.25, -0.2) is 0 Å². The summed E-state index contributed by atoms with van der Waals surface area (Å²) in [7, 11) is 1.69. The van der Waals surface area contributed by atoms with Gasteiger partial charge in [-0.3, -0.25) is 9.69 Å². The van der Waals surface area contributed by atoms with Crippen molar-refractivity contribution >= 4 is 12.0 Å². The first kappa shape index (κ1) is 26.3. The summed E-state index contributed by atoms with van der Waals surface area (Å²) in [6.45, 7) is 2.70. The van der Waals surface area contributed by atoms with Crippen molar-refractivity contribution in [1.29, 1.82) is 0 Å². The number of carbonyl (C=O) groups is 1. The molecule has 1 aliphatic heterocycles. The van der Waals surface area contributed by atoms with Crippen molar-refractivity contribution in [2.45, 2.75) is 57.1 Å². The number of ether oxygens (including phenoxy) is 3. The van der Waals surface area contributed by atoms with E-state index in [0.29, 0.717) is 6.61 Å². The van der Waals surface area contributed by atoms with Crippen LogP contribution in [0, 0.1) is 0 Å². The van der Waals surface area contributed by atoms with Gasteiger partial charge in [0.15, 0.2) is 24.0 Å². The molecule has 1 saturated heterocycles. The maximum Gasteiger partial charge on any atom is 0.167 e. The van der Waals surface area contributed by atoms with Crippen LogP contribution < -0.4 is 14.4 Å². The summed E-state index contributed by atoms with van der Waals surface area (Å²) in [5.41, 5.74) is 3.42. The van der Waals surface area contributed by atoms with Crippen LogP contribution in [0.1, 0.15) is 36.8 Å². The molecule has 2 unspecified atom stereocenters. The predicted octanol–water partition coefficient (Wildman–Crippen LogP) is 5.49. The van der Waals surface area contributed by atoms with E-state index in [2.05, 4.69) is 46.2 Å². The first-order chi connectivity index (χ1) is 18.7. The molecule has 2 fully saturated rings. The second-order valence-corrected chi connectivity index (χ2v) is 10.2. The van der Waals surface area contributed by atoms with Crippen molar-refractivity contribution in [1.82, 2.24) is 4.90 Å². The normalized spacial score (nSPS) is 19.3. The van der Waals surface area contributed by atoms with Crippen LogP contribution >= 0.6 is 0 Å². The van der Waals surface area contributed by atoms with Crippen LogP contribution in [0.5, 0.6) is 11.5 Å².